The fourth-order valence-electron chi connectivity index (χ4n) is 4.85. The molecule has 0 aliphatic carbocycles. The quantitative estimate of drug-likeness (QED) is 0.671. The van der Waals surface area contributed by atoms with Crippen LogP contribution in [0.25, 0.3) is 0 Å². The second-order valence-corrected chi connectivity index (χ2v) is 8.56. The van der Waals surface area contributed by atoms with E-state index in [1.807, 2.05) is 6.07 Å². The van der Waals surface area contributed by atoms with Crippen molar-refractivity contribution in [3.05, 3.63) is 23.8 Å². The maximum Gasteiger partial charge on any atom is 0.228 e. The molecule has 5 heteroatoms. The third kappa shape index (κ3) is 4.52. The molecule has 154 valence electrons. The summed E-state index contributed by atoms with van der Waals surface area (Å²) in [6.45, 7) is 9.05. The van der Waals surface area contributed by atoms with E-state index < -0.39 is 0 Å². The lowest BCUT2D eigenvalue weighted by Gasteiger charge is -2.27. The first-order chi connectivity index (χ1) is 13.7. The molecule has 1 atom stereocenters. The van der Waals surface area contributed by atoms with E-state index in [1.54, 1.807) is 0 Å². The van der Waals surface area contributed by atoms with Crippen molar-refractivity contribution in [3.8, 4) is 5.75 Å². The van der Waals surface area contributed by atoms with Gasteiger partial charge in [0.15, 0.2) is 0 Å². The third-order valence-corrected chi connectivity index (χ3v) is 6.52. The molecule has 0 spiro atoms. The van der Waals surface area contributed by atoms with Crippen LogP contribution in [0.1, 0.15) is 57.4 Å². The van der Waals surface area contributed by atoms with Gasteiger partial charge in [-0.3, -0.25) is 9.69 Å². The highest BCUT2D eigenvalue weighted by molar-refractivity contribution is 5.94. The summed E-state index contributed by atoms with van der Waals surface area (Å²) in [5.74, 6) is 1.22. The molecular weight excluding hydrogens is 350 g/mol. The Balaban J connectivity index is 1.51. The molecule has 28 heavy (non-hydrogen) atoms. The maximum absolute atomic E-state index is 13.2. The van der Waals surface area contributed by atoms with Crippen molar-refractivity contribution in [1.29, 1.82) is 0 Å². The SMILES string of the molecule is CCCCOc1ccc2c(c1)CN1CCCC1CN2C(=O)CCN1CCCC1. The van der Waals surface area contributed by atoms with Crippen molar-refractivity contribution in [2.75, 3.05) is 44.2 Å². The highest BCUT2D eigenvalue weighted by atomic mass is 16.5. The summed E-state index contributed by atoms with van der Waals surface area (Å²) in [6, 6.07) is 6.83. The van der Waals surface area contributed by atoms with Crippen LogP contribution in [0.2, 0.25) is 0 Å². The third-order valence-electron chi connectivity index (χ3n) is 6.52. The van der Waals surface area contributed by atoms with Crippen LogP contribution in [-0.4, -0.2) is 61.1 Å². The fourth-order valence-corrected chi connectivity index (χ4v) is 4.85. The lowest BCUT2D eigenvalue weighted by Crippen LogP contribution is -2.41. The van der Waals surface area contributed by atoms with Gasteiger partial charge in [-0.05, 0) is 75.5 Å². The van der Waals surface area contributed by atoms with E-state index in [2.05, 4.69) is 33.8 Å². The number of amides is 1. The Morgan fingerprint density at radius 1 is 1.18 bits per heavy atom. The van der Waals surface area contributed by atoms with Gasteiger partial charge in [0.2, 0.25) is 5.91 Å². The molecule has 1 aromatic rings. The highest BCUT2D eigenvalue weighted by Gasteiger charge is 2.33. The number of hydrogen-bond acceptors (Lipinski definition) is 4. The average molecular weight is 386 g/mol. The number of rotatable bonds is 7. The van der Waals surface area contributed by atoms with Gasteiger partial charge in [0, 0.05) is 37.8 Å². The van der Waals surface area contributed by atoms with E-state index in [1.165, 1.54) is 31.2 Å². The van der Waals surface area contributed by atoms with Crippen LogP contribution in [0.5, 0.6) is 5.75 Å². The van der Waals surface area contributed by atoms with Gasteiger partial charge in [0.05, 0.1) is 6.61 Å². The summed E-state index contributed by atoms with van der Waals surface area (Å²) in [7, 11) is 0. The standard InChI is InChI=1S/C23H35N3O2/c1-2-3-15-28-21-8-9-22-19(16-21)17-25-13-6-7-20(25)18-26(22)23(27)10-14-24-11-4-5-12-24/h8-9,16,20H,2-7,10-15,17-18H2,1H3. The van der Waals surface area contributed by atoms with E-state index in [9.17, 15) is 4.79 Å². The Morgan fingerprint density at radius 2 is 2.04 bits per heavy atom. The molecule has 0 bridgehead atoms. The Morgan fingerprint density at radius 3 is 2.86 bits per heavy atom. The molecule has 0 radical (unpaired) electrons. The zero-order valence-electron chi connectivity index (χ0n) is 17.4. The topological polar surface area (TPSA) is 36.0 Å². The fraction of sp³-hybridized carbons (Fsp3) is 0.696. The molecule has 2 fully saturated rings. The number of carbonyl (C=O) groups is 1. The average Bonchev–Trinajstić information content (AvgIpc) is 3.35. The van der Waals surface area contributed by atoms with Crippen LogP contribution in [-0.2, 0) is 11.3 Å². The molecule has 1 amide bonds. The normalized spacial score (nSPS) is 22.8. The second kappa shape index (κ2) is 9.27. The van der Waals surface area contributed by atoms with Crippen LogP contribution < -0.4 is 9.64 Å². The smallest absolute Gasteiger partial charge is 0.228 e. The van der Waals surface area contributed by atoms with Gasteiger partial charge in [0.25, 0.3) is 0 Å². The number of benzene rings is 1. The van der Waals surface area contributed by atoms with Crippen LogP contribution in [0.3, 0.4) is 0 Å². The monoisotopic (exact) mass is 385 g/mol. The van der Waals surface area contributed by atoms with E-state index in [-0.39, 0.29) is 5.91 Å². The van der Waals surface area contributed by atoms with Gasteiger partial charge in [-0.15, -0.1) is 0 Å². The lowest BCUT2D eigenvalue weighted by molar-refractivity contribution is -0.119. The van der Waals surface area contributed by atoms with Gasteiger partial charge in [0.1, 0.15) is 5.75 Å². The summed E-state index contributed by atoms with van der Waals surface area (Å²) in [6.07, 6.45) is 7.83. The van der Waals surface area contributed by atoms with Crippen LogP contribution in [0, 0.1) is 0 Å². The van der Waals surface area contributed by atoms with Crippen molar-refractivity contribution in [2.45, 2.75) is 64.5 Å². The molecular formula is C23H35N3O2. The maximum atomic E-state index is 13.2. The van der Waals surface area contributed by atoms with Crippen molar-refractivity contribution in [1.82, 2.24) is 9.80 Å². The number of ether oxygens (including phenoxy) is 1. The molecule has 1 unspecified atom stereocenters. The van der Waals surface area contributed by atoms with Gasteiger partial charge >= 0.3 is 0 Å². The first-order valence-corrected chi connectivity index (χ1v) is 11.3. The van der Waals surface area contributed by atoms with Gasteiger partial charge < -0.3 is 14.5 Å². The first-order valence-electron chi connectivity index (χ1n) is 11.3. The Kier molecular flexibility index (Phi) is 6.53. The lowest BCUT2D eigenvalue weighted by atomic mass is 10.1. The molecule has 3 aliphatic rings. The predicted molar refractivity (Wildman–Crippen MR) is 113 cm³/mol. The second-order valence-electron chi connectivity index (χ2n) is 8.56. The highest BCUT2D eigenvalue weighted by Crippen LogP contribution is 2.34. The van der Waals surface area contributed by atoms with Crippen LogP contribution in [0.4, 0.5) is 5.69 Å². The minimum Gasteiger partial charge on any atom is -0.494 e. The van der Waals surface area contributed by atoms with Gasteiger partial charge in [-0.2, -0.15) is 0 Å². The van der Waals surface area contributed by atoms with Crippen molar-refractivity contribution >= 4 is 11.6 Å². The number of anilines is 1. The molecule has 0 aromatic heterocycles. The van der Waals surface area contributed by atoms with Crippen molar-refractivity contribution in [2.24, 2.45) is 0 Å². The van der Waals surface area contributed by atoms with E-state index in [0.29, 0.717) is 12.5 Å². The van der Waals surface area contributed by atoms with Crippen molar-refractivity contribution < 1.29 is 9.53 Å². The summed E-state index contributed by atoms with van der Waals surface area (Å²) < 4.78 is 5.95. The van der Waals surface area contributed by atoms with Crippen LogP contribution >= 0.6 is 0 Å². The molecule has 0 saturated carbocycles. The van der Waals surface area contributed by atoms with Gasteiger partial charge in [-0.1, -0.05) is 13.3 Å². The van der Waals surface area contributed by atoms with E-state index >= 15 is 0 Å². The molecule has 3 aliphatic heterocycles. The Labute approximate surface area is 169 Å². The number of likely N-dealkylation sites (tertiary alicyclic amines) is 1. The number of carbonyl (C=O) groups excluding carboxylic acids is 1. The first kappa shape index (κ1) is 19.7. The molecule has 2 saturated heterocycles. The van der Waals surface area contributed by atoms with Gasteiger partial charge in [-0.25, -0.2) is 0 Å². The molecule has 0 N–H and O–H groups in total. The largest absolute Gasteiger partial charge is 0.494 e. The number of hydrogen-bond donors (Lipinski definition) is 0. The number of fused-ring (bicyclic) bond motifs is 2. The Bertz CT molecular complexity index is 672. The summed E-state index contributed by atoms with van der Waals surface area (Å²) >= 11 is 0. The summed E-state index contributed by atoms with van der Waals surface area (Å²) in [5.41, 5.74) is 2.34. The minimum absolute atomic E-state index is 0.279. The minimum atomic E-state index is 0.279. The number of nitrogens with zero attached hydrogens (tertiary/aromatic N) is 3. The molecule has 4 rings (SSSR count). The molecule has 3 heterocycles. The zero-order chi connectivity index (χ0) is 19.3. The molecule has 5 nitrogen and oxygen atoms in total. The zero-order valence-corrected chi connectivity index (χ0v) is 17.4. The predicted octanol–water partition coefficient (Wildman–Crippen LogP) is 3.66. The summed E-state index contributed by atoms with van der Waals surface area (Å²) in [5, 5.41) is 0. The Hall–Kier alpha value is -1.59. The molecule has 1 aromatic carbocycles. The van der Waals surface area contributed by atoms with Crippen LogP contribution in [0.15, 0.2) is 18.2 Å². The van der Waals surface area contributed by atoms with Crippen molar-refractivity contribution in [3.63, 3.8) is 0 Å². The summed E-state index contributed by atoms with van der Waals surface area (Å²) in [4.78, 5) is 20.3. The van der Waals surface area contributed by atoms with E-state index in [0.717, 1.165) is 70.2 Å². The number of unbranched alkanes of at least 4 members (excludes halogenated alkanes) is 1. The van der Waals surface area contributed by atoms with E-state index in [4.69, 9.17) is 4.74 Å².